The summed E-state index contributed by atoms with van der Waals surface area (Å²) in [5, 5.41) is 0. The van der Waals surface area contributed by atoms with Gasteiger partial charge in [0, 0.05) is 13.2 Å². The zero-order valence-corrected chi connectivity index (χ0v) is 24.8. The third kappa shape index (κ3) is 12.2. The van der Waals surface area contributed by atoms with E-state index in [-0.39, 0.29) is 54.6 Å². The molecule has 0 aliphatic carbocycles. The van der Waals surface area contributed by atoms with Crippen molar-refractivity contribution >= 4 is 24.2 Å². The predicted octanol–water partition coefficient (Wildman–Crippen LogP) is 4.10. The minimum Gasteiger partial charge on any atom is -0.491 e. The summed E-state index contributed by atoms with van der Waals surface area (Å²) in [4.78, 5) is 47.9. The molecule has 45 heavy (non-hydrogen) atoms. The molecule has 0 radical (unpaired) electrons. The summed E-state index contributed by atoms with van der Waals surface area (Å²) in [7, 11) is 1.60. The standard InChI is InChI=1S/C33H34O12/c1-3-31(35)43-21-18-40-17-20-42-28-10-6-25(7-11-28)33(37)45-30-13-12-29(22-26(30)23-34)44-32(36)24-4-8-27(9-5-24)41-19-16-39-15-14-38-2/h3-13,22-23H,1,14-21H2,2H3. The summed E-state index contributed by atoms with van der Waals surface area (Å²) in [6, 6.07) is 16.6. The van der Waals surface area contributed by atoms with Gasteiger partial charge >= 0.3 is 17.9 Å². The average Bonchev–Trinajstić information content (AvgIpc) is 3.06. The Kier molecular flexibility index (Phi) is 14.8. The molecule has 238 valence electrons. The van der Waals surface area contributed by atoms with Gasteiger partial charge in [-0.25, -0.2) is 14.4 Å². The van der Waals surface area contributed by atoms with E-state index < -0.39 is 17.9 Å². The van der Waals surface area contributed by atoms with Crippen LogP contribution in [0.2, 0.25) is 0 Å². The van der Waals surface area contributed by atoms with Crippen molar-refractivity contribution < 1.29 is 57.1 Å². The molecule has 12 nitrogen and oxygen atoms in total. The molecule has 0 N–H and O–H groups in total. The third-order valence-electron chi connectivity index (χ3n) is 5.76. The molecule has 12 heteroatoms. The van der Waals surface area contributed by atoms with Crippen LogP contribution in [0, 0.1) is 0 Å². The van der Waals surface area contributed by atoms with Gasteiger partial charge in [0.2, 0.25) is 0 Å². The van der Waals surface area contributed by atoms with E-state index >= 15 is 0 Å². The number of methoxy groups -OCH3 is 1. The molecular formula is C33H34O12. The van der Waals surface area contributed by atoms with Gasteiger partial charge in [-0.1, -0.05) is 6.58 Å². The summed E-state index contributed by atoms with van der Waals surface area (Å²) in [5.74, 6) is -0.707. The molecule has 3 aromatic carbocycles. The Hall–Kier alpha value is -5.04. The molecule has 0 aliphatic heterocycles. The normalized spacial score (nSPS) is 10.4. The molecule has 3 rings (SSSR count). The first-order valence-corrected chi connectivity index (χ1v) is 13.9. The minimum absolute atomic E-state index is 0.00116. The van der Waals surface area contributed by atoms with Crippen LogP contribution in [-0.4, -0.2) is 84.2 Å². The van der Waals surface area contributed by atoms with Crippen molar-refractivity contribution in [2.75, 3.05) is 60.0 Å². The minimum atomic E-state index is -0.698. The van der Waals surface area contributed by atoms with Gasteiger partial charge in [-0.15, -0.1) is 0 Å². The van der Waals surface area contributed by atoms with E-state index in [2.05, 4.69) is 6.58 Å². The van der Waals surface area contributed by atoms with E-state index in [0.29, 0.717) is 44.2 Å². The second kappa shape index (κ2) is 19.3. The Balaban J connectivity index is 1.45. The molecule has 0 atom stereocenters. The maximum absolute atomic E-state index is 12.7. The van der Waals surface area contributed by atoms with Crippen LogP contribution in [-0.2, 0) is 23.7 Å². The molecule has 3 aromatic rings. The van der Waals surface area contributed by atoms with Crippen LogP contribution >= 0.6 is 0 Å². The number of ether oxygens (including phenoxy) is 8. The van der Waals surface area contributed by atoms with E-state index in [4.69, 9.17) is 37.9 Å². The van der Waals surface area contributed by atoms with E-state index in [0.717, 1.165) is 6.08 Å². The highest BCUT2D eigenvalue weighted by molar-refractivity contribution is 5.93. The molecule has 0 amide bonds. The zero-order valence-electron chi connectivity index (χ0n) is 24.8. The molecule has 0 aromatic heterocycles. The van der Waals surface area contributed by atoms with E-state index in [1.165, 1.54) is 30.3 Å². The van der Waals surface area contributed by atoms with Crippen LogP contribution in [0.3, 0.4) is 0 Å². The molecule has 0 fully saturated rings. The molecular weight excluding hydrogens is 588 g/mol. The van der Waals surface area contributed by atoms with Crippen molar-refractivity contribution in [1.82, 2.24) is 0 Å². The first-order valence-electron chi connectivity index (χ1n) is 13.9. The van der Waals surface area contributed by atoms with E-state index in [1.807, 2.05) is 0 Å². The summed E-state index contributed by atoms with van der Waals surface area (Å²) in [6.45, 7) is 5.86. The third-order valence-corrected chi connectivity index (χ3v) is 5.76. The highest BCUT2D eigenvalue weighted by Crippen LogP contribution is 2.25. The summed E-state index contributed by atoms with van der Waals surface area (Å²) >= 11 is 0. The Morgan fingerprint density at radius 1 is 0.644 bits per heavy atom. The predicted molar refractivity (Wildman–Crippen MR) is 160 cm³/mol. The molecule has 0 heterocycles. The number of benzene rings is 3. The Morgan fingerprint density at radius 2 is 1.16 bits per heavy atom. The van der Waals surface area contributed by atoms with Crippen LogP contribution in [0.5, 0.6) is 23.0 Å². The lowest BCUT2D eigenvalue weighted by Gasteiger charge is -2.11. The highest BCUT2D eigenvalue weighted by Gasteiger charge is 2.15. The fraction of sp³-hybridized carbons (Fsp3) is 0.273. The molecule has 0 bridgehead atoms. The van der Waals surface area contributed by atoms with Gasteiger partial charge in [0.15, 0.2) is 6.29 Å². The summed E-state index contributed by atoms with van der Waals surface area (Å²) < 4.78 is 42.2. The lowest BCUT2D eigenvalue weighted by atomic mass is 10.2. The van der Waals surface area contributed by atoms with Crippen molar-refractivity contribution in [2.24, 2.45) is 0 Å². The number of aldehydes is 1. The zero-order chi connectivity index (χ0) is 32.3. The quantitative estimate of drug-likeness (QED) is 0.0589. The molecule has 0 saturated carbocycles. The molecule has 0 unspecified atom stereocenters. The number of rotatable bonds is 20. The molecule has 0 saturated heterocycles. The second-order valence-corrected chi connectivity index (χ2v) is 8.93. The maximum atomic E-state index is 12.7. The fourth-order valence-electron chi connectivity index (χ4n) is 3.52. The first-order chi connectivity index (χ1) is 21.9. The number of hydrogen-bond acceptors (Lipinski definition) is 12. The summed E-state index contributed by atoms with van der Waals surface area (Å²) in [5.41, 5.74) is 0.513. The van der Waals surface area contributed by atoms with Crippen molar-refractivity contribution in [1.29, 1.82) is 0 Å². The van der Waals surface area contributed by atoms with Crippen molar-refractivity contribution in [3.05, 3.63) is 96.1 Å². The van der Waals surface area contributed by atoms with Gasteiger partial charge in [-0.2, -0.15) is 0 Å². The monoisotopic (exact) mass is 622 g/mol. The van der Waals surface area contributed by atoms with Crippen LogP contribution in [0.15, 0.2) is 79.4 Å². The van der Waals surface area contributed by atoms with E-state index in [1.54, 1.807) is 43.5 Å². The lowest BCUT2D eigenvalue weighted by Crippen LogP contribution is -2.13. The number of carbonyl (C=O) groups is 4. The smallest absolute Gasteiger partial charge is 0.343 e. The van der Waals surface area contributed by atoms with Crippen LogP contribution in [0.4, 0.5) is 0 Å². The van der Waals surface area contributed by atoms with Crippen LogP contribution < -0.4 is 18.9 Å². The Labute approximate surface area is 260 Å². The Bertz CT molecular complexity index is 1400. The number of hydrogen-bond donors (Lipinski definition) is 0. The first kappa shape index (κ1) is 34.5. The topological polar surface area (TPSA) is 142 Å². The van der Waals surface area contributed by atoms with Crippen molar-refractivity contribution in [3.63, 3.8) is 0 Å². The average molecular weight is 623 g/mol. The van der Waals surface area contributed by atoms with Gasteiger partial charge in [-0.05, 0) is 66.7 Å². The maximum Gasteiger partial charge on any atom is 0.343 e. The van der Waals surface area contributed by atoms with Gasteiger partial charge < -0.3 is 37.9 Å². The largest absolute Gasteiger partial charge is 0.491 e. The molecule has 0 spiro atoms. The summed E-state index contributed by atoms with van der Waals surface area (Å²) in [6.07, 6.45) is 1.57. The van der Waals surface area contributed by atoms with Crippen molar-refractivity contribution in [3.8, 4) is 23.0 Å². The van der Waals surface area contributed by atoms with Crippen LogP contribution in [0.1, 0.15) is 31.1 Å². The van der Waals surface area contributed by atoms with Gasteiger partial charge in [0.1, 0.15) is 42.8 Å². The second-order valence-electron chi connectivity index (χ2n) is 8.93. The SMILES string of the molecule is C=CC(=O)OCCOCCOc1ccc(C(=O)Oc2ccc(OC(=O)c3ccc(OCCOCCOC)cc3)cc2C=O)cc1. The van der Waals surface area contributed by atoms with Gasteiger partial charge in [0.25, 0.3) is 0 Å². The Morgan fingerprint density at radius 3 is 1.69 bits per heavy atom. The van der Waals surface area contributed by atoms with E-state index in [9.17, 15) is 19.2 Å². The molecule has 0 aliphatic rings. The van der Waals surface area contributed by atoms with Gasteiger partial charge in [0.05, 0.1) is 49.7 Å². The number of esters is 3. The lowest BCUT2D eigenvalue weighted by molar-refractivity contribution is -0.139. The van der Waals surface area contributed by atoms with Gasteiger partial charge in [-0.3, -0.25) is 4.79 Å². The van der Waals surface area contributed by atoms with Crippen molar-refractivity contribution in [2.45, 2.75) is 0 Å². The fourth-order valence-corrected chi connectivity index (χ4v) is 3.52. The van der Waals surface area contributed by atoms with Crippen LogP contribution in [0.25, 0.3) is 0 Å². The highest BCUT2D eigenvalue weighted by atomic mass is 16.6. The number of carbonyl (C=O) groups excluding carboxylic acids is 4.